The molecule has 1 aromatic carbocycles. The molecule has 0 spiro atoms. The number of aliphatic hydroxyl groups excluding tert-OH is 1. The lowest BCUT2D eigenvalue weighted by atomic mass is 10.1. The summed E-state index contributed by atoms with van der Waals surface area (Å²) < 4.78 is 0. The van der Waals surface area contributed by atoms with E-state index in [0.29, 0.717) is 11.1 Å². The van der Waals surface area contributed by atoms with E-state index in [0.717, 1.165) is 0 Å². The van der Waals surface area contributed by atoms with Gasteiger partial charge in [0, 0.05) is 6.07 Å². The average molecular weight is 213 g/mol. The van der Waals surface area contributed by atoms with Crippen LogP contribution < -0.4 is 0 Å². The van der Waals surface area contributed by atoms with Gasteiger partial charge in [0.2, 0.25) is 0 Å². The Balaban J connectivity index is 2.98. The van der Waals surface area contributed by atoms with Gasteiger partial charge < -0.3 is 5.11 Å². The van der Waals surface area contributed by atoms with Crippen molar-refractivity contribution in [1.29, 1.82) is 0 Å². The maximum absolute atomic E-state index is 10.7. The van der Waals surface area contributed by atoms with Crippen LogP contribution in [0.25, 0.3) is 0 Å². The van der Waals surface area contributed by atoms with Gasteiger partial charge in [-0.2, -0.15) is 0 Å². The molecule has 1 rings (SSSR count). The number of nitrogens with zero attached hydrogens (tertiary/aromatic N) is 1. The molecule has 0 unspecified atom stereocenters. The van der Waals surface area contributed by atoms with E-state index >= 15 is 0 Å². The minimum atomic E-state index is -0.520. The van der Waals surface area contributed by atoms with E-state index in [2.05, 4.69) is 9.78 Å². The molecule has 15 heavy (non-hydrogen) atoms. The van der Waals surface area contributed by atoms with Gasteiger partial charge in [-0.05, 0) is 11.6 Å². The molecule has 6 nitrogen and oxygen atoms in total. The Labute approximate surface area is 86.1 Å². The van der Waals surface area contributed by atoms with Crippen LogP contribution in [-0.4, -0.2) is 17.1 Å². The van der Waals surface area contributed by atoms with Crippen LogP contribution in [0.3, 0.4) is 0 Å². The monoisotopic (exact) mass is 213 g/mol. The van der Waals surface area contributed by atoms with Crippen LogP contribution in [0.15, 0.2) is 18.2 Å². The predicted octanol–water partition coefficient (Wildman–Crippen LogP) is 1.17. The lowest BCUT2D eigenvalue weighted by Gasteiger charge is -2.03. The number of nitro groups is 1. The van der Waals surface area contributed by atoms with E-state index in [1.54, 1.807) is 6.07 Å². The number of hydrogen-bond donors (Lipinski definition) is 1. The van der Waals surface area contributed by atoms with Crippen LogP contribution in [0.2, 0.25) is 0 Å². The fraction of sp³-hybridized carbons (Fsp3) is 0.333. The highest BCUT2D eigenvalue weighted by molar-refractivity contribution is 5.42. The first-order chi connectivity index (χ1) is 7.19. The van der Waals surface area contributed by atoms with Crippen molar-refractivity contribution in [2.45, 2.75) is 13.2 Å². The SMILES string of the molecule is COOCc1ccc(CO)cc1[N+](=O)[O-]. The number of rotatable bonds is 5. The molecule has 0 saturated carbocycles. The molecule has 0 aliphatic rings. The summed E-state index contributed by atoms with van der Waals surface area (Å²) in [6.07, 6.45) is 0. The first-order valence-electron chi connectivity index (χ1n) is 4.21. The van der Waals surface area contributed by atoms with Gasteiger partial charge in [0.1, 0.15) is 6.61 Å². The fourth-order valence-electron chi connectivity index (χ4n) is 1.12. The molecule has 0 heterocycles. The normalized spacial score (nSPS) is 10.3. The van der Waals surface area contributed by atoms with Crippen LogP contribution in [0.1, 0.15) is 11.1 Å². The van der Waals surface area contributed by atoms with Crippen molar-refractivity contribution in [3.63, 3.8) is 0 Å². The van der Waals surface area contributed by atoms with E-state index in [-0.39, 0.29) is 18.9 Å². The lowest BCUT2D eigenvalue weighted by Crippen LogP contribution is -1.99. The average Bonchev–Trinajstić information content (AvgIpc) is 2.26. The van der Waals surface area contributed by atoms with Crippen LogP contribution >= 0.6 is 0 Å². The van der Waals surface area contributed by atoms with Gasteiger partial charge in [-0.1, -0.05) is 6.07 Å². The maximum atomic E-state index is 10.7. The van der Waals surface area contributed by atoms with Gasteiger partial charge in [-0.3, -0.25) is 10.1 Å². The zero-order chi connectivity index (χ0) is 11.3. The van der Waals surface area contributed by atoms with Crippen molar-refractivity contribution >= 4 is 5.69 Å². The Morgan fingerprint density at radius 1 is 1.53 bits per heavy atom. The molecule has 0 aliphatic carbocycles. The van der Waals surface area contributed by atoms with Crippen molar-refractivity contribution in [2.75, 3.05) is 7.11 Å². The molecule has 0 atom stereocenters. The van der Waals surface area contributed by atoms with Gasteiger partial charge in [0.05, 0.1) is 24.2 Å². The van der Waals surface area contributed by atoms with E-state index in [1.165, 1.54) is 19.2 Å². The summed E-state index contributed by atoms with van der Waals surface area (Å²) in [5, 5.41) is 19.5. The summed E-state index contributed by atoms with van der Waals surface area (Å²) in [6.45, 7) is -0.231. The Hall–Kier alpha value is -1.50. The Morgan fingerprint density at radius 3 is 2.80 bits per heavy atom. The molecule has 0 aromatic heterocycles. The van der Waals surface area contributed by atoms with E-state index in [9.17, 15) is 10.1 Å². The Kier molecular flexibility index (Phi) is 4.17. The molecule has 0 bridgehead atoms. The van der Waals surface area contributed by atoms with Gasteiger partial charge in [-0.15, -0.1) is 0 Å². The largest absolute Gasteiger partial charge is 0.392 e. The molecule has 0 fully saturated rings. The summed E-state index contributed by atoms with van der Waals surface area (Å²) in [6, 6.07) is 4.44. The number of nitro benzene ring substituents is 1. The number of aliphatic hydroxyl groups is 1. The minimum Gasteiger partial charge on any atom is -0.392 e. The second kappa shape index (κ2) is 5.40. The molecule has 1 N–H and O–H groups in total. The maximum Gasteiger partial charge on any atom is 0.275 e. The van der Waals surface area contributed by atoms with Crippen molar-refractivity contribution < 1.29 is 19.8 Å². The van der Waals surface area contributed by atoms with E-state index in [4.69, 9.17) is 5.11 Å². The van der Waals surface area contributed by atoms with Crippen molar-refractivity contribution in [3.05, 3.63) is 39.4 Å². The second-order valence-electron chi connectivity index (χ2n) is 2.81. The van der Waals surface area contributed by atoms with Crippen LogP contribution in [0, 0.1) is 10.1 Å². The smallest absolute Gasteiger partial charge is 0.275 e. The number of benzene rings is 1. The quantitative estimate of drug-likeness (QED) is 0.451. The third-order valence-electron chi connectivity index (χ3n) is 1.86. The zero-order valence-corrected chi connectivity index (χ0v) is 8.17. The zero-order valence-electron chi connectivity index (χ0n) is 8.17. The molecule has 0 radical (unpaired) electrons. The standard InChI is InChI=1S/C9H11NO5/c1-14-15-6-8-3-2-7(5-11)4-9(8)10(12)13/h2-4,11H,5-6H2,1H3. The van der Waals surface area contributed by atoms with Gasteiger partial charge in [0.25, 0.3) is 5.69 Å². The summed E-state index contributed by atoms with van der Waals surface area (Å²) in [5.74, 6) is 0. The molecule has 6 heteroatoms. The minimum absolute atomic E-state index is 0.00147. The molecule has 0 aliphatic heterocycles. The number of hydrogen-bond acceptors (Lipinski definition) is 5. The first-order valence-corrected chi connectivity index (χ1v) is 4.21. The Bertz CT molecular complexity index is 352. The van der Waals surface area contributed by atoms with Gasteiger partial charge in [0.15, 0.2) is 0 Å². The predicted molar refractivity (Wildman–Crippen MR) is 50.8 cm³/mol. The molecule has 1 aromatic rings. The highest BCUT2D eigenvalue weighted by Gasteiger charge is 2.14. The fourth-order valence-corrected chi connectivity index (χ4v) is 1.12. The third kappa shape index (κ3) is 2.98. The van der Waals surface area contributed by atoms with Gasteiger partial charge in [-0.25, -0.2) is 9.78 Å². The van der Waals surface area contributed by atoms with Gasteiger partial charge >= 0.3 is 0 Å². The topological polar surface area (TPSA) is 81.8 Å². The summed E-state index contributed by atoms with van der Waals surface area (Å²) in [5.41, 5.74) is 0.806. The summed E-state index contributed by atoms with van der Waals surface area (Å²) in [7, 11) is 1.33. The molecule has 0 saturated heterocycles. The summed E-state index contributed by atoms with van der Waals surface area (Å²) in [4.78, 5) is 19.1. The van der Waals surface area contributed by atoms with Crippen LogP contribution in [0.5, 0.6) is 0 Å². The highest BCUT2D eigenvalue weighted by Crippen LogP contribution is 2.21. The molecule has 82 valence electrons. The molecular formula is C9H11NO5. The Morgan fingerprint density at radius 2 is 2.27 bits per heavy atom. The van der Waals surface area contributed by atoms with Crippen LogP contribution in [-0.2, 0) is 23.0 Å². The first kappa shape index (κ1) is 11.6. The third-order valence-corrected chi connectivity index (χ3v) is 1.86. The molecule has 0 amide bonds. The van der Waals surface area contributed by atoms with Crippen LogP contribution in [0.4, 0.5) is 5.69 Å². The summed E-state index contributed by atoms with van der Waals surface area (Å²) >= 11 is 0. The lowest BCUT2D eigenvalue weighted by molar-refractivity contribution is -0.387. The van der Waals surface area contributed by atoms with Crippen molar-refractivity contribution in [3.8, 4) is 0 Å². The van der Waals surface area contributed by atoms with Crippen molar-refractivity contribution in [2.24, 2.45) is 0 Å². The molecular weight excluding hydrogens is 202 g/mol. The van der Waals surface area contributed by atoms with Crippen molar-refractivity contribution in [1.82, 2.24) is 0 Å². The second-order valence-corrected chi connectivity index (χ2v) is 2.81. The van der Waals surface area contributed by atoms with E-state index < -0.39 is 4.92 Å². The van der Waals surface area contributed by atoms with E-state index in [1.807, 2.05) is 0 Å². The highest BCUT2D eigenvalue weighted by atomic mass is 17.2.